The van der Waals surface area contributed by atoms with Crippen LogP contribution in [0.25, 0.3) is 0 Å². The number of aromatic nitrogens is 2. The first-order chi connectivity index (χ1) is 16.5. The van der Waals surface area contributed by atoms with E-state index in [4.69, 9.17) is 0 Å². The number of aryl methyl sites for hydroxylation is 1. The summed E-state index contributed by atoms with van der Waals surface area (Å²) >= 11 is 0. The summed E-state index contributed by atoms with van der Waals surface area (Å²) in [4.78, 5) is 44.4. The first kappa shape index (κ1) is 24.0. The standard InChI is InChI=1S/C26H35N5O3/c1-3-28(17-12-24(32)29-15-10-20(2)11-16-29)25(33)22-18-23-26(34)30(13-7-14-31(23)27-22)19-21-8-5-4-6-9-21/h4-6,8-9,18,20H,3,7,10-17,19H2,1-2H3. The second kappa shape index (κ2) is 10.8. The van der Waals surface area contributed by atoms with E-state index in [-0.39, 0.29) is 23.4 Å². The van der Waals surface area contributed by atoms with E-state index >= 15 is 0 Å². The topological polar surface area (TPSA) is 78.8 Å². The fourth-order valence-electron chi connectivity index (χ4n) is 4.71. The second-order valence-electron chi connectivity index (χ2n) is 9.40. The van der Waals surface area contributed by atoms with Gasteiger partial charge in [-0.1, -0.05) is 37.3 Å². The third-order valence-electron chi connectivity index (χ3n) is 6.92. The molecule has 34 heavy (non-hydrogen) atoms. The number of hydrogen-bond acceptors (Lipinski definition) is 4. The maximum absolute atomic E-state index is 13.2. The molecule has 2 aliphatic heterocycles. The predicted octanol–water partition coefficient (Wildman–Crippen LogP) is 3.04. The van der Waals surface area contributed by atoms with Crippen molar-refractivity contribution in [3.8, 4) is 0 Å². The number of hydrogen-bond donors (Lipinski definition) is 0. The van der Waals surface area contributed by atoms with Gasteiger partial charge in [0.1, 0.15) is 5.69 Å². The van der Waals surface area contributed by atoms with Crippen LogP contribution in [0.15, 0.2) is 36.4 Å². The normalized spacial score (nSPS) is 16.8. The van der Waals surface area contributed by atoms with E-state index in [9.17, 15) is 14.4 Å². The molecule has 0 radical (unpaired) electrons. The van der Waals surface area contributed by atoms with Gasteiger partial charge >= 0.3 is 0 Å². The third kappa shape index (κ3) is 5.48. The number of fused-ring (bicyclic) bond motifs is 1. The zero-order valence-corrected chi connectivity index (χ0v) is 20.3. The average molecular weight is 466 g/mol. The Morgan fingerprint density at radius 2 is 1.82 bits per heavy atom. The largest absolute Gasteiger partial charge is 0.343 e. The van der Waals surface area contributed by atoms with Crippen LogP contribution >= 0.6 is 0 Å². The first-order valence-corrected chi connectivity index (χ1v) is 12.4. The van der Waals surface area contributed by atoms with Crippen molar-refractivity contribution in [3.05, 3.63) is 53.3 Å². The molecule has 0 aliphatic carbocycles. The number of piperidine rings is 1. The van der Waals surface area contributed by atoms with Crippen molar-refractivity contribution in [1.29, 1.82) is 0 Å². The third-order valence-corrected chi connectivity index (χ3v) is 6.92. The van der Waals surface area contributed by atoms with E-state index in [0.29, 0.717) is 50.8 Å². The van der Waals surface area contributed by atoms with Gasteiger partial charge in [-0.2, -0.15) is 5.10 Å². The van der Waals surface area contributed by atoms with E-state index in [0.717, 1.165) is 37.9 Å². The van der Waals surface area contributed by atoms with Gasteiger partial charge in [0.15, 0.2) is 5.69 Å². The molecular formula is C26H35N5O3. The zero-order valence-electron chi connectivity index (χ0n) is 20.3. The Balaban J connectivity index is 1.40. The van der Waals surface area contributed by atoms with E-state index in [2.05, 4.69) is 12.0 Å². The fourth-order valence-corrected chi connectivity index (χ4v) is 4.71. The fraction of sp³-hybridized carbons (Fsp3) is 0.538. The average Bonchev–Trinajstić information content (AvgIpc) is 3.22. The highest BCUT2D eigenvalue weighted by Crippen LogP contribution is 2.19. The number of rotatable bonds is 7. The van der Waals surface area contributed by atoms with Crippen molar-refractivity contribution in [2.45, 2.75) is 52.6 Å². The van der Waals surface area contributed by atoms with Gasteiger partial charge in [-0.25, -0.2) is 0 Å². The number of carbonyl (C=O) groups excluding carboxylic acids is 3. The molecule has 0 N–H and O–H groups in total. The number of likely N-dealkylation sites (tertiary alicyclic amines) is 1. The van der Waals surface area contributed by atoms with Crippen LogP contribution in [0.1, 0.15) is 66.1 Å². The SMILES string of the molecule is CCN(CCC(=O)N1CCC(C)CC1)C(=O)c1cc2n(n1)CCCN(Cc1ccccc1)C2=O. The van der Waals surface area contributed by atoms with Crippen molar-refractivity contribution in [2.24, 2.45) is 5.92 Å². The van der Waals surface area contributed by atoms with Crippen molar-refractivity contribution in [2.75, 3.05) is 32.7 Å². The second-order valence-corrected chi connectivity index (χ2v) is 9.40. The molecule has 8 nitrogen and oxygen atoms in total. The molecule has 182 valence electrons. The smallest absolute Gasteiger partial charge is 0.274 e. The molecule has 0 bridgehead atoms. The summed E-state index contributed by atoms with van der Waals surface area (Å²) in [5, 5.41) is 4.48. The summed E-state index contributed by atoms with van der Waals surface area (Å²) in [5.41, 5.74) is 1.79. The Morgan fingerprint density at radius 3 is 2.53 bits per heavy atom. The van der Waals surface area contributed by atoms with Crippen LogP contribution in [0.2, 0.25) is 0 Å². The van der Waals surface area contributed by atoms with Gasteiger partial charge in [0, 0.05) is 58.3 Å². The first-order valence-electron chi connectivity index (χ1n) is 12.4. The van der Waals surface area contributed by atoms with Gasteiger partial charge < -0.3 is 14.7 Å². The van der Waals surface area contributed by atoms with Crippen LogP contribution in [0.4, 0.5) is 0 Å². The molecular weight excluding hydrogens is 430 g/mol. The molecule has 2 aliphatic rings. The highest BCUT2D eigenvalue weighted by Gasteiger charge is 2.28. The summed E-state index contributed by atoms with van der Waals surface area (Å²) in [6.07, 6.45) is 3.17. The molecule has 2 aromatic rings. The Labute approximate surface area is 201 Å². The Bertz CT molecular complexity index is 1010. The van der Waals surface area contributed by atoms with Gasteiger partial charge in [0.2, 0.25) is 5.91 Å². The highest BCUT2D eigenvalue weighted by molar-refractivity contribution is 5.98. The zero-order chi connectivity index (χ0) is 24.1. The van der Waals surface area contributed by atoms with E-state index in [1.807, 2.05) is 47.1 Å². The van der Waals surface area contributed by atoms with Gasteiger partial charge in [0.25, 0.3) is 11.8 Å². The molecule has 8 heteroatoms. The molecule has 0 saturated carbocycles. The number of benzene rings is 1. The van der Waals surface area contributed by atoms with Gasteiger partial charge in [0.05, 0.1) is 0 Å². The molecule has 3 amide bonds. The molecule has 1 aromatic heterocycles. The Kier molecular flexibility index (Phi) is 7.65. The summed E-state index contributed by atoms with van der Waals surface area (Å²) < 4.78 is 1.66. The van der Waals surface area contributed by atoms with Gasteiger partial charge in [-0.15, -0.1) is 0 Å². The molecule has 1 fully saturated rings. The van der Waals surface area contributed by atoms with Gasteiger partial charge in [-0.05, 0) is 37.7 Å². The number of amides is 3. The van der Waals surface area contributed by atoms with Crippen molar-refractivity contribution >= 4 is 17.7 Å². The summed E-state index contributed by atoms with van der Waals surface area (Å²) in [6, 6.07) is 11.5. The summed E-state index contributed by atoms with van der Waals surface area (Å²) in [5.74, 6) is 0.432. The lowest BCUT2D eigenvalue weighted by atomic mass is 9.99. The maximum Gasteiger partial charge on any atom is 0.274 e. The van der Waals surface area contributed by atoms with Crippen LogP contribution in [-0.4, -0.2) is 74.9 Å². The lowest BCUT2D eigenvalue weighted by molar-refractivity contribution is -0.132. The van der Waals surface area contributed by atoms with Crippen LogP contribution in [-0.2, 0) is 17.9 Å². The minimum absolute atomic E-state index is 0.102. The molecule has 0 spiro atoms. The molecule has 0 atom stereocenters. The minimum Gasteiger partial charge on any atom is -0.343 e. The van der Waals surface area contributed by atoms with Gasteiger partial charge in [-0.3, -0.25) is 19.1 Å². The maximum atomic E-state index is 13.2. The van der Waals surface area contributed by atoms with Crippen molar-refractivity contribution in [1.82, 2.24) is 24.5 Å². The van der Waals surface area contributed by atoms with Crippen LogP contribution in [0.5, 0.6) is 0 Å². The van der Waals surface area contributed by atoms with Crippen LogP contribution < -0.4 is 0 Å². The number of carbonyl (C=O) groups is 3. The molecule has 3 heterocycles. The molecule has 1 saturated heterocycles. The van der Waals surface area contributed by atoms with Crippen molar-refractivity contribution in [3.63, 3.8) is 0 Å². The number of nitrogens with zero attached hydrogens (tertiary/aromatic N) is 5. The van der Waals surface area contributed by atoms with Crippen LogP contribution in [0.3, 0.4) is 0 Å². The highest BCUT2D eigenvalue weighted by atomic mass is 16.2. The van der Waals surface area contributed by atoms with E-state index in [1.54, 1.807) is 15.6 Å². The Morgan fingerprint density at radius 1 is 1.09 bits per heavy atom. The monoisotopic (exact) mass is 465 g/mol. The quantitative estimate of drug-likeness (QED) is 0.630. The summed E-state index contributed by atoms with van der Waals surface area (Å²) in [7, 11) is 0. The lowest BCUT2D eigenvalue weighted by Crippen LogP contribution is -2.40. The van der Waals surface area contributed by atoms with E-state index in [1.165, 1.54) is 0 Å². The lowest BCUT2D eigenvalue weighted by Gasteiger charge is -2.31. The Hall–Kier alpha value is -3.16. The minimum atomic E-state index is -0.231. The summed E-state index contributed by atoms with van der Waals surface area (Å²) in [6.45, 7) is 8.35. The van der Waals surface area contributed by atoms with Crippen molar-refractivity contribution < 1.29 is 14.4 Å². The molecule has 1 aromatic carbocycles. The van der Waals surface area contributed by atoms with E-state index < -0.39 is 0 Å². The molecule has 4 rings (SSSR count). The van der Waals surface area contributed by atoms with Crippen LogP contribution in [0, 0.1) is 5.92 Å². The predicted molar refractivity (Wildman–Crippen MR) is 129 cm³/mol. The molecule has 0 unspecified atom stereocenters.